The van der Waals surface area contributed by atoms with Crippen LogP contribution in [0.5, 0.6) is 0 Å². The van der Waals surface area contributed by atoms with E-state index in [4.69, 9.17) is 6.42 Å². The Labute approximate surface area is 103 Å². The molecule has 0 saturated carbocycles. The molecule has 1 aromatic carbocycles. The molecule has 18 heavy (non-hydrogen) atoms. The summed E-state index contributed by atoms with van der Waals surface area (Å²) >= 11 is 0. The summed E-state index contributed by atoms with van der Waals surface area (Å²) in [7, 11) is 1.45. The SMILES string of the molecule is C#CCN(C)C(=O)Nc1cccc(C(F)(F)F)c1. The summed E-state index contributed by atoms with van der Waals surface area (Å²) < 4.78 is 37.3. The third-order valence-corrected chi connectivity index (χ3v) is 2.12. The second-order valence-corrected chi connectivity index (χ2v) is 3.57. The van der Waals surface area contributed by atoms with Gasteiger partial charge in [-0.25, -0.2) is 4.79 Å². The quantitative estimate of drug-likeness (QED) is 0.811. The van der Waals surface area contributed by atoms with E-state index in [0.717, 1.165) is 12.1 Å². The third-order valence-electron chi connectivity index (χ3n) is 2.12. The van der Waals surface area contributed by atoms with Gasteiger partial charge in [-0.1, -0.05) is 12.0 Å². The van der Waals surface area contributed by atoms with E-state index in [1.54, 1.807) is 0 Å². The van der Waals surface area contributed by atoms with Crippen molar-refractivity contribution < 1.29 is 18.0 Å². The van der Waals surface area contributed by atoms with Crippen molar-refractivity contribution in [3.05, 3.63) is 29.8 Å². The molecule has 0 fully saturated rings. The molecule has 0 aromatic heterocycles. The van der Waals surface area contributed by atoms with Gasteiger partial charge in [-0.3, -0.25) is 0 Å². The van der Waals surface area contributed by atoms with E-state index in [1.807, 2.05) is 0 Å². The number of carbonyl (C=O) groups is 1. The van der Waals surface area contributed by atoms with Crippen LogP contribution in [0.1, 0.15) is 5.56 Å². The van der Waals surface area contributed by atoms with Crippen molar-refractivity contribution in [2.75, 3.05) is 18.9 Å². The van der Waals surface area contributed by atoms with Crippen LogP contribution in [0.2, 0.25) is 0 Å². The van der Waals surface area contributed by atoms with Crippen molar-refractivity contribution in [2.24, 2.45) is 0 Å². The van der Waals surface area contributed by atoms with Gasteiger partial charge in [0.05, 0.1) is 12.1 Å². The van der Waals surface area contributed by atoms with E-state index in [-0.39, 0.29) is 12.2 Å². The Morgan fingerprint density at radius 1 is 1.50 bits per heavy atom. The van der Waals surface area contributed by atoms with Crippen LogP contribution >= 0.6 is 0 Å². The van der Waals surface area contributed by atoms with Crippen LogP contribution in [0.15, 0.2) is 24.3 Å². The highest BCUT2D eigenvalue weighted by Crippen LogP contribution is 2.30. The maximum absolute atomic E-state index is 12.4. The van der Waals surface area contributed by atoms with Gasteiger partial charge >= 0.3 is 12.2 Å². The number of urea groups is 1. The van der Waals surface area contributed by atoms with E-state index in [2.05, 4.69) is 11.2 Å². The van der Waals surface area contributed by atoms with Crippen molar-refractivity contribution in [2.45, 2.75) is 6.18 Å². The second kappa shape index (κ2) is 5.45. The maximum Gasteiger partial charge on any atom is 0.416 e. The third kappa shape index (κ3) is 3.70. The van der Waals surface area contributed by atoms with Crippen LogP contribution < -0.4 is 5.32 Å². The molecule has 3 nitrogen and oxygen atoms in total. The summed E-state index contributed by atoms with van der Waals surface area (Å²) in [4.78, 5) is 12.7. The predicted molar refractivity (Wildman–Crippen MR) is 61.9 cm³/mol. The van der Waals surface area contributed by atoms with Gasteiger partial charge in [0.1, 0.15) is 0 Å². The molecule has 0 aliphatic heterocycles. The monoisotopic (exact) mass is 256 g/mol. The van der Waals surface area contributed by atoms with Crippen molar-refractivity contribution in [3.8, 4) is 12.3 Å². The summed E-state index contributed by atoms with van der Waals surface area (Å²) in [5.74, 6) is 2.25. The lowest BCUT2D eigenvalue weighted by Crippen LogP contribution is -2.31. The largest absolute Gasteiger partial charge is 0.416 e. The van der Waals surface area contributed by atoms with Crippen LogP contribution in [-0.2, 0) is 6.18 Å². The first kappa shape index (κ1) is 13.9. The summed E-state index contributed by atoms with van der Waals surface area (Å²) in [5.41, 5.74) is -0.751. The number of benzene rings is 1. The number of rotatable bonds is 2. The first-order valence-corrected chi connectivity index (χ1v) is 4.97. The van der Waals surface area contributed by atoms with Crippen molar-refractivity contribution in [1.82, 2.24) is 4.90 Å². The fourth-order valence-electron chi connectivity index (χ4n) is 1.20. The zero-order chi connectivity index (χ0) is 13.8. The van der Waals surface area contributed by atoms with Crippen molar-refractivity contribution in [3.63, 3.8) is 0 Å². The van der Waals surface area contributed by atoms with Gasteiger partial charge in [-0.15, -0.1) is 6.42 Å². The number of carbonyl (C=O) groups excluding carboxylic acids is 1. The summed E-state index contributed by atoms with van der Waals surface area (Å²) in [6, 6.07) is 3.83. The molecule has 0 heterocycles. The fraction of sp³-hybridized carbons (Fsp3) is 0.250. The topological polar surface area (TPSA) is 32.3 Å². The van der Waals surface area contributed by atoms with Crippen LogP contribution in [-0.4, -0.2) is 24.5 Å². The number of nitrogens with one attached hydrogen (secondary N) is 1. The molecule has 0 atom stereocenters. The Bertz CT molecular complexity index is 477. The minimum Gasteiger partial charge on any atom is -0.316 e. The van der Waals surface area contributed by atoms with Crippen LogP contribution in [0.4, 0.5) is 23.7 Å². The molecule has 96 valence electrons. The van der Waals surface area contributed by atoms with Gasteiger partial charge in [0.15, 0.2) is 0 Å². The van der Waals surface area contributed by atoms with Crippen LogP contribution in [0.3, 0.4) is 0 Å². The van der Waals surface area contributed by atoms with E-state index in [1.165, 1.54) is 24.1 Å². The fourth-order valence-corrected chi connectivity index (χ4v) is 1.20. The minimum atomic E-state index is -4.44. The van der Waals surface area contributed by atoms with Gasteiger partial charge in [-0.05, 0) is 18.2 Å². The lowest BCUT2D eigenvalue weighted by molar-refractivity contribution is -0.137. The molecule has 0 saturated heterocycles. The average molecular weight is 256 g/mol. The number of hydrogen-bond donors (Lipinski definition) is 1. The van der Waals surface area contributed by atoms with Gasteiger partial charge in [0, 0.05) is 12.7 Å². The molecular weight excluding hydrogens is 245 g/mol. The molecule has 1 aromatic rings. The Kier molecular flexibility index (Phi) is 4.21. The molecule has 0 bridgehead atoms. The molecule has 0 radical (unpaired) electrons. The lowest BCUT2D eigenvalue weighted by Gasteiger charge is -2.15. The molecule has 1 rings (SSSR count). The summed E-state index contributed by atoms with van der Waals surface area (Å²) in [6.45, 7) is 0.0742. The van der Waals surface area contributed by atoms with Crippen molar-refractivity contribution in [1.29, 1.82) is 0 Å². The Hall–Kier alpha value is -2.16. The van der Waals surface area contributed by atoms with Gasteiger partial charge in [-0.2, -0.15) is 13.2 Å². The van der Waals surface area contributed by atoms with E-state index in [0.29, 0.717) is 0 Å². The number of nitrogens with zero attached hydrogens (tertiary/aromatic N) is 1. The van der Waals surface area contributed by atoms with Crippen LogP contribution in [0, 0.1) is 12.3 Å². The minimum absolute atomic E-state index is 0.0682. The maximum atomic E-state index is 12.4. The Balaban J connectivity index is 2.81. The highest BCUT2D eigenvalue weighted by atomic mass is 19.4. The average Bonchev–Trinajstić information content (AvgIpc) is 2.28. The van der Waals surface area contributed by atoms with Gasteiger partial charge < -0.3 is 10.2 Å². The normalized spacial score (nSPS) is 10.6. The molecule has 0 unspecified atom stereocenters. The molecule has 2 amide bonds. The highest BCUT2D eigenvalue weighted by molar-refractivity contribution is 5.89. The number of hydrogen-bond acceptors (Lipinski definition) is 1. The van der Waals surface area contributed by atoms with E-state index in [9.17, 15) is 18.0 Å². The molecule has 0 aliphatic carbocycles. The zero-order valence-corrected chi connectivity index (χ0v) is 9.58. The molecule has 0 spiro atoms. The molecule has 1 N–H and O–H groups in total. The number of anilines is 1. The van der Waals surface area contributed by atoms with Crippen LogP contribution in [0.25, 0.3) is 0 Å². The lowest BCUT2D eigenvalue weighted by atomic mass is 10.2. The number of amides is 2. The summed E-state index contributed by atoms with van der Waals surface area (Å²) in [6.07, 6.45) is 0.582. The zero-order valence-electron chi connectivity index (χ0n) is 9.58. The van der Waals surface area contributed by atoms with Crippen molar-refractivity contribution >= 4 is 11.7 Å². The molecule has 0 aliphatic rings. The van der Waals surface area contributed by atoms with Gasteiger partial charge in [0.25, 0.3) is 0 Å². The molecular formula is C12H11F3N2O. The van der Waals surface area contributed by atoms with E-state index < -0.39 is 17.8 Å². The highest BCUT2D eigenvalue weighted by Gasteiger charge is 2.30. The smallest absolute Gasteiger partial charge is 0.316 e. The predicted octanol–water partition coefficient (Wildman–Crippen LogP) is 2.80. The number of halogens is 3. The van der Waals surface area contributed by atoms with Gasteiger partial charge in [0.2, 0.25) is 0 Å². The standard InChI is InChI=1S/C12H11F3N2O/c1-3-7-17(2)11(18)16-10-6-4-5-9(8-10)12(13,14)15/h1,4-6,8H,7H2,2H3,(H,16,18). The molecule has 6 heteroatoms. The summed E-state index contributed by atoms with van der Waals surface area (Å²) in [5, 5.41) is 2.33. The Morgan fingerprint density at radius 2 is 2.17 bits per heavy atom. The first-order chi connectivity index (χ1) is 8.34. The first-order valence-electron chi connectivity index (χ1n) is 4.97. The van der Waals surface area contributed by atoms with E-state index >= 15 is 0 Å². The number of terminal acetylenes is 1. The number of alkyl halides is 3. The Morgan fingerprint density at radius 3 is 2.72 bits per heavy atom. The second-order valence-electron chi connectivity index (χ2n) is 3.57.